The zero-order chi connectivity index (χ0) is 10.8. The Morgan fingerprint density at radius 2 is 2.00 bits per heavy atom. The van der Waals surface area contributed by atoms with Gasteiger partial charge in [-0.25, -0.2) is 0 Å². The first-order chi connectivity index (χ1) is 7.18. The Kier molecular flexibility index (Phi) is 2.68. The van der Waals surface area contributed by atoms with E-state index in [0.29, 0.717) is 5.11 Å². The predicted molar refractivity (Wildman–Crippen MR) is 62.5 cm³/mol. The summed E-state index contributed by atoms with van der Waals surface area (Å²) in [5.74, 6) is 0.0722. The summed E-state index contributed by atoms with van der Waals surface area (Å²) in [5.41, 5.74) is 1.13. The first-order valence-corrected chi connectivity index (χ1v) is 5.25. The van der Waals surface area contributed by atoms with Crippen LogP contribution >= 0.6 is 12.2 Å². The minimum Gasteiger partial charge on any atom is -0.350 e. The van der Waals surface area contributed by atoms with Crippen LogP contribution in [0.5, 0.6) is 0 Å². The van der Waals surface area contributed by atoms with Gasteiger partial charge in [-0.1, -0.05) is 37.3 Å². The maximum absolute atomic E-state index is 11.5. The second kappa shape index (κ2) is 3.98. The molecule has 2 unspecified atom stereocenters. The van der Waals surface area contributed by atoms with Crippen LogP contribution in [-0.2, 0) is 4.79 Å². The highest BCUT2D eigenvalue weighted by atomic mass is 32.1. The average molecular weight is 220 g/mol. The minimum absolute atomic E-state index is 0.0450. The van der Waals surface area contributed by atoms with Crippen LogP contribution in [0.3, 0.4) is 0 Å². The molecule has 1 aromatic carbocycles. The largest absolute Gasteiger partial charge is 0.350 e. The van der Waals surface area contributed by atoms with Crippen LogP contribution in [0.15, 0.2) is 30.3 Å². The van der Waals surface area contributed by atoms with E-state index in [-0.39, 0.29) is 17.9 Å². The van der Waals surface area contributed by atoms with Crippen molar-refractivity contribution < 1.29 is 4.79 Å². The molecule has 0 radical (unpaired) electrons. The Labute approximate surface area is 93.9 Å². The lowest BCUT2D eigenvalue weighted by atomic mass is 9.93. The second-order valence-electron chi connectivity index (χ2n) is 3.64. The molecule has 4 heteroatoms. The number of benzene rings is 1. The van der Waals surface area contributed by atoms with Gasteiger partial charge in [0.25, 0.3) is 0 Å². The van der Waals surface area contributed by atoms with E-state index < -0.39 is 0 Å². The number of amides is 1. The van der Waals surface area contributed by atoms with Gasteiger partial charge in [-0.15, -0.1) is 0 Å². The van der Waals surface area contributed by atoms with Crippen molar-refractivity contribution in [3.8, 4) is 0 Å². The first kappa shape index (κ1) is 10.1. The fraction of sp³-hybridized carbons (Fsp3) is 0.273. The van der Waals surface area contributed by atoms with Gasteiger partial charge in [0.15, 0.2) is 5.11 Å². The normalized spacial score (nSPS) is 22.1. The van der Waals surface area contributed by atoms with E-state index in [1.54, 1.807) is 0 Å². The van der Waals surface area contributed by atoms with Crippen LogP contribution < -0.4 is 10.6 Å². The van der Waals surface area contributed by atoms with Crippen molar-refractivity contribution in [2.24, 2.45) is 0 Å². The number of carbonyl (C=O) groups is 1. The van der Waals surface area contributed by atoms with Crippen LogP contribution in [0.1, 0.15) is 18.4 Å². The van der Waals surface area contributed by atoms with Crippen molar-refractivity contribution in [2.45, 2.75) is 18.9 Å². The second-order valence-corrected chi connectivity index (χ2v) is 4.05. The molecule has 1 aromatic rings. The number of hydrogen-bond acceptors (Lipinski definition) is 2. The Bertz CT molecular complexity index is 391. The first-order valence-electron chi connectivity index (χ1n) is 4.85. The van der Waals surface area contributed by atoms with E-state index in [2.05, 4.69) is 10.6 Å². The summed E-state index contributed by atoms with van der Waals surface area (Å²) in [7, 11) is 0. The van der Waals surface area contributed by atoms with Gasteiger partial charge in [0.2, 0.25) is 5.91 Å². The number of nitrogens with one attached hydrogen (secondary N) is 2. The van der Waals surface area contributed by atoms with Gasteiger partial charge in [0.1, 0.15) is 6.04 Å². The van der Waals surface area contributed by atoms with E-state index in [0.717, 1.165) is 5.56 Å². The Balaban J connectivity index is 2.18. The SMILES string of the molecule is CC(c1ccccc1)C1NC(=S)NC1=O. The average Bonchev–Trinajstić information content (AvgIpc) is 2.58. The van der Waals surface area contributed by atoms with Crippen LogP contribution in [0.4, 0.5) is 0 Å². The summed E-state index contributed by atoms with van der Waals surface area (Å²) in [6.07, 6.45) is 0. The summed E-state index contributed by atoms with van der Waals surface area (Å²) in [5, 5.41) is 6.00. The molecule has 0 aliphatic carbocycles. The van der Waals surface area contributed by atoms with Crippen molar-refractivity contribution >= 4 is 23.2 Å². The molecule has 2 rings (SSSR count). The molecule has 1 aliphatic rings. The molecule has 0 saturated carbocycles. The van der Waals surface area contributed by atoms with E-state index in [9.17, 15) is 4.79 Å². The molecular formula is C11H12N2OS. The van der Waals surface area contributed by atoms with Crippen molar-refractivity contribution in [1.29, 1.82) is 0 Å². The summed E-state index contributed by atoms with van der Waals surface area (Å²) in [6.45, 7) is 2.01. The lowest BCUT2D eigenvalue weighted by Gasteiger charge is -2.17. The maximum atomic E-state index is 11.5. The van der Waals surface area contributed by atoms with Gasteiger partial charge in [-0.3, -0.25) is 4.79 Å². The predicted octanol–water partition coefficient (Wildman–Crippen LogP) is 1.16. The molecule has 15 heavy (non-hydrogen) atoms. The molecule has 1 heterocycles. The summed E-state index contributed by atoms with van der Waals surface area (Å²) in [4.78, 5) is 11.5. The maximum Gasteiger partial charge on any atom is 0.249 e. The minimum atomic E-state index is -0.250. The van der Waals surface area contributed by atoms with Gasteiger partial charge in [0, 0.05) is 5.92 Å². The monoisotopic (exact) mass is 220 g/mol. The molecule has 1 saturated heterocycles. The van der Waals surface area contributed by atoms with Gasteiger partial charge < -0.3 is 10.6 Å². The van der Waals surface area contributed by atoms with Gasteiger partial charge >= 0.3 is 0 Å². The number of thiocarbonyl (C=S) groups is 1. The third-order valence-corrected chi connectivity index (χ3v) is 2.85. The zero-order valence-corrected chi connectivity index (χ0v) is 9.17. The van der Waals surface area contributed by atoms with E-state index in [1.807, 2.05) is 37.3 Å². The summed E-state index contributed by atoms with van der Waals surface area (Å²) >= 11 is 4.90. The molecule has 2 atom stereocenters. The third-order valence-electron chi connectivity index (χ3n) is 2.63. The smallest absolute Gasteiger partial charge is 0.249 e. The quantitative estimate of drug-likeness (QED) is 0.735. The molecular weight excluding hydrogens is 208 g/mol. The Morgan fingerprint density at radius 1 is 1.33 bits per heavy atom. The fourth-order valence-corrected chi connectivity index (χ4v) is 1.96. The van der Waals surface area contributed by atoms with Crippen molar-refractivity contribution in [3.05, 3.63) is 35.9 Å². The van der Waals surface area contributed by atoms with Crippen LogP contribution in [0.25, 0.3) is 0 Å². The zero-order valence-electron chi connectivity index (χ0n) is 8.36. The highest BCUT2D eigenvalue weighted by Crippen LogP contribution is 2.20. The standard InChI is InChI=1S/C11H12N2OS/c1-7(8-5-3-2-4-6-8)9-10(14)13-11(15)12-9/h2-7,9H,1H3,(H2,12,13,14,15). The molecule has 78 valence electrons. The van der Waals surface area contributed by atoms with E-state index in [4.69, 9.17) is 12.2 Å². The van der Waals surface area contributed by atoms with E-state index in [1.165, 1.54) is 0 Å². The fourth-order valence-electron chi connectivity index (χ4n) is 1.73. The van der Waals surface area contributed by atoms with Crippen LogP contribution in [-0.4, -0.2) is 17.1 Å². The molecule has 1 aliphatic heterocycles. The number of hydrogen-bond donors (Lipinski definition) is 2. The highest BCUT2D eigenvalue weighted by Gasteiger charge is 2.32. The molecule has 0 spiro atoms. The molecule has 2 N–H and O–H groups in total. The lowest BCUT2D eigenvalue weighted by molar-refractivity contribution is -0.120. The molecule has 1 fully saturated rings. The van der Waals surface area contributed by atoms with Gasteiger partial charge in [0.05, 0.1) is 0 Å². The van der Waals surface area contributed by atoms with Gasteiger partial charge in [-0.2, -0.15) is 0 Å². The third kappa shape index (κ3) is 1.99. The van der Waals surface area contributed by atoms with Crippen molar-refractivity contribution in [2.75, 3.05) is 0 Å². The van der Waals surface area contributed by atoms with Crippen molar-refractivity contribution in [1.82, 2.24) is 10.6 Å². The molecule has 1 amide bonds. The van der Waals surface area contributed by atoms with Gasteiger partial charge in [-0.05, 0) is 17.8 Å². The number of rotatable bonds is 2. The Hall–Kier alpha value is -1.42. The molecule has 0 aromatic heterocycles. The van der Waals surface area contributed by atoms with E-state index >= 15 is 0 Å². The van der Waals surface area contributed by atoms with Crippen molar-refractivity contribution in [3.63, 3.8) is 0 Å². The topological polar surface area (TPSA) is 41.1 Å². The van der Waals surface area contributed by atoms with Crippen LogP contribution in [0, 0.1) is 0 Å². The number of carbonyl (C=O) groups excluding carboxylic acids is 1. The lowest BCUT2D eigenvalue weighted by Crippen LogP contribution is -2.34. The molecule has 0 bridgehead atoms. The summed E-state index contributed by atoms with van der Waals surface area (Å²) in [6, 6.07) is 9.68. The Morgan fingerprint density at radius 3 is 2.53 bits per heavy atom. The molecule has 3 nitrogen and oxygen atoms in total. The highest BCUT2D eigenvalue weighted by molar-refractivity contribution is 7.80. The van der Waals surface area contributed by atoms with Crippen LogP contribution in [0.2, 0.25) is 0 Å². The summed E-state index contributed by atoms with van der Waals surface area (Å²) < 4.78 is 0.